The van der Waals surface area contributed by atoms with Crippen molar-refractivity contribution in [2.24, 2.45) is 10.9 Å². The van der Waals surface area contributed by atoms with Gasteiger partial charge in [-0.3, -0.25) is 4.99 Å². The van der Waals surface area contributed by atoms with Gasteiger partial charge in [0, 0.05) is 12.1 Å². The Balaban J connectivity index is 0.00000132. The van der Waals surface area contributed by atoms with Crippen LogP contribution in [-0.2, 0) is 4.65 Å². The predicted molar refractivity (Wildman–Crippen MR) is 137 cm³/mol. The average molecular weight is 405 g/mol. The van der Waals surface area contributed by atoms with E-state index in [4.69, 9.17) is 4.65 Å². The molecule has 0 bridgehead atoms. The normalized spacial score (nSPS) is 16.0. The highest BCUT2D eigenvalue weighted by atomic mass is 16.4. The van der Waals surface area contributed by atoms with E-state index in [1.807, 2.05) is 56.5 Å². The first-order valence-corrected chi connectivity index (χ1v) is 10.7. The molecular weight excluding hydrogens is 377 g/mol. The van der Waals surface area contributed by atoms with Crippen LogP contribution in [0.1, 0.15) is 25.0 Å². The molecule has 0 radical (unpaired) electrons. The maximum absolute atomic E-state index is 6.61. The van der Waals surface area contributed by atoms with E-state index in [2.05, 4.69) is 78.8 Å². The lowest BCUT2D eigenvalue weighted by Crippen LogP contribution is -2.44. The Hall–Kier alpha value is -3.59. The zero-order chi connectivity index (χ0) is 22.1. The topological polar surface area (TPSA) is 21.6 Å². The highest BCUT2D eigenvalue weighted by molar-refractivity contribution is 6.80. The Morgan fingerprint density at radius 1 is 0.806 bits per heavy atom. The fourth-order valence-electron chi connectivity index (χ4n) is 3.43. The Morgan fingerprint density at radius 2 is 1.35 bits per heavy atom. The van der Waals surface area contributed by atoms with Gasteiger partial charge < -0.3 is 4.65 Å². The summed E-state index contributed by atoms with van der Waals surface area (Å²) in [5.74, 6) is 0.906. The molecule has 1 aliphatic carbocycles. The molecule has 0 aromatic heterocycles. The highest BCUT2D eigenvalue weighted by Crippen LogP contribution is 2.26. The first-order valence-electron chi connectivity index (χ1n) is 10.7. The third-order valence-electron chi connectivity index (χ3n) is 5.06. The summed E-state index contributed by atoms with van der Waals surface area (Å²) in [5, 5.41) is 0. The molecule has 2 aromatic rings. The van der Waals surface area contributed by atoms with Crippen LogP contribution >= 0.6 is 0 Å². The lowest BCUT2D eigenvalue weighted by molar-refractivity contribution is 0.458. The first kappa shape index (κ1) is 22.1. The van der Waals surface area contributed by atoms with E-state index in [0.29, 0.717) is 0 Å². The largest absolute Gasteiger partial charge is 0.550 e. The molecule has 0 spiro atoms. The molecule has 2 aromatic carbocycles. The molecule has 0 amide bonds. The van der Waals surface area contributed by atoms with E-state index < -0.39 is 0 Å². The summed E-state index contributed by atoms with van der Waals surface area (Å²) >= 11 is 0. The molecule has 1 heterocycles. The van der Waals surface area contributed by atoms with E-state index in [-0.39, 0.29) is 12.8 Å². The molecular formula is C28H28BNO. The van der Waals surface area contributed by atoms with Crippen molar-refractivity contribution >= 4 is 36.2 Å². The lowest BCUT2D eigenvalue weighted by Gasteiger charge is -2.21. The number of hydrogen-bond donors (Lipinski definition) is 0. The highest BCUT2D eigenvalue weighted by Gasteiger charge is 2.26. The zero-order valence-corrected chi connectivity index (χ0v) is 18.2. The van der Waals surface area contributed by atoms with Gasteiger partial charge in [-0.05, 0) is 34.2 Å². The SMILES string of the molecule is C=Cc1ccc(B(OC2=C3N=CC=CC3C=CC=C2)c2ccc(C=C)cc2)cc1.CC. The standard InChI is InChI=1S/C26H22BNO.C2H6/c1-3-20-11-15-23(16-12-20)27(24-17-13-21(4-2)14-18-24)29-25-10-6-5-8-22-9-7-19-28-26(22)25;1-2/h3-19,22H,1-2H2;1-2H3. The summed E-state index contributed by atoms with van der Waals surface area (Å²) in [6, 6.07) is 16.6. The molecule has 0 saturated heterocycles. The maximum Gasteiger partial charge on any atom is 0.426 e. The van der Waals surface area contributed by atoms with E-state index in [1.165, 1.54) is 0 Å². The molecule has 4 rings (SSSR count). The predicted octanol–water partition coefficient (Wildman–Crippen LogP) is 5.72. The third-order valence-corrected chi connectivity index (χ3v) is 5.06. The molecule has 3 heteroatoms. The molecule has 1 aliphatic heterocycles. The van der Waals surface area contributed by atoms with Crippen molar-refractivity contribution in [3.05, 3.63) is 121 Å². The van der Waals surface area contributed by atoms with E-state index in [9.17, 15) is 0 Å². The summed E-state index contributed by atoms with van der Waals surface area (Å²) in [6.07, 6.45) is 17.8. The molecule has 0 saturated carbocycles. The Kier molecular flexibility index (Phi) is 7.83. The van der Waals surface area contributed by atoms with Crippen molar-refractivity contribution in [3.8, 4) is 0 Å². The van der Waals surface area contributed by atoms with Gasteiger partial charge in [0.15, 0.2) is 0 Å². The lowest BCUT2D eigenvalue weighted by atomic mass is 9.55. The van der Waals surface area contributed by atoms with Gasteiger partial charge in [-0.1, -0.05) is 112 Å². The fraction of sp³-hybridized carbons (Fsp3) is 0.107. The van der Waals surface area contributed by atoms with Gasteiger partial charge >= 0.3 is 6.92 Å². The maximum atomic E-state index is 6.61. The van der Waals surface area contributed by atoms with Crippen LogP contribution in [0, 0.1) is 5.92 Å². The molecule has 1 atom stereocenters. The van der Waals surface area contributed by atoms with E-state index in [1.54, 1.807) is 0 Å². The van der Waals surface area contributed by atoms with Crippen molar-refractivity contribution in [1.82, 2.24) is 0 Å². The van der Waals surface area contributed by atoms with Gasteiger partial charge in [0.1, 0.15) is 5.76 Å². The quantitative estimate of drug-likeness (QED) is 0.564. The third kappa shape index (κ3) is 5.32. The molecule has 2 aliphatic rings. The minimum atomic E-state index is -0.250. The number of hydrogen-bond acceptors (Lipinski definition) is 2. The van der Waals surface area contributed by atoms with Crippen molar-refractivity contribution in [1.29, 1.82) is 0 Å². The van der Waals surface area contributed by atoms with Crippen LogP contribution < -0.4 is 10.9 Å². The zero-order valence-electron chi connectivity index (χ0n) is 18.2. The van der Waals surface area contributed by atoms with Crippen LogP contribution in [0.15, 0.2) is 115 Å². The van der Waals surface area contributed by atoms with Gasteiger partial charge in [-0.25, -0.2) is 0 Å². The Bertz CT molecular complexity index is 1000. The Labute approximate surface area is 186 Å². The van der Waals surface area contributed by atoms with Gasteiger partial charge in [0.25, 0.3) is 0 Å². The minimum absolute atomic E-state index is 0.122. The molecule has 2 nitrogen and oxygen atoms in total. The summed E-state index contributed by atoms with van der Waals surface area (Å²) in [4.78, 5) is 4.60. The van der Waals surface area contributed by atoms with Gasteiger partial charge in [0.05, 0.1) is 5.70 Å². The van der Waals surface area contributed by atoms with Crippen LogP contribution in [0.4, 0.5) is 0 Å². The second kappa shape index (κ2) is 11.0. The van der Waals surface area contributed by atoms with E-state index in [0.717, 1.165) is 33.5 Å². The fourth-order valence-corrected chi connectivity index (χ4v) is 3.43. The van der Waals surface area contributed by atoms with Crippen molar-refractivity contribution in [3.63, 3.8) is 0 Å². The minimum Gasteiger partial charge on any atom is -0.550 e. The average Bonchev–Trinajstić information content (AvgIpc) is 3.06. The van der Waals surface area contributed by atoms with Crippen molar-refractivity contribution in [2.75, 3.05) is 0 Å². The molecule has 0 fully saturated rings. The summed E-state index contributed by atoms with van der Waals surface area (Å²) in [6.45, 7) is 11.4. The van der Waals surface area contributed by atoms with Crippen LogP contribution in [0.3, 0.4) is 0 Å². The molecule has 0 N–H and O–H groups in total. The number of fused-ring (bicyclic) bond motifs is 1. The molecule has 1 unspecified atom stereocenters. The van der Waals surface area contributed by atoms with Gasteiger partial charge in [-0.2, -0.15) is 0 Å². The van der Waals surface area contributed by atoms with Crippen LogP contribution in [0.2, 0.25) is 0 Å². The number of allylic oxidation sites excluding steroid dienone is 5. The Morgan fingerprint density at radius 3 is 1.90 bits per heavy atom. The first-order chi connectivity index (χ1) is 15.3. The van der Waals surface area contributed by atoms with Crippen LogP contribution in [0.5, 0.6) is 0 Å². The molecule has 31 heavy (non-hydrogen) atoms. The number of dihydropyridines is 1. The summed E-state index contributed by atoms with van der Waals surface area (Å²) < 4.78 is 6.61. The number of benzene rings is 2. The monoisotopic (exact) mass is 405 g/mol. The van der Waals surface area contributed by atoms with Crippen LogP contribution in [0.25, 0.3) is 12.2 Å². The van der Waals surface area contributed by atoms with Gasteiger partial charge in [0.2, 0.25) is 0 Å². The van der Waals surface area contributed by atoms with Crippen molar-refractivity contribution in [2.45, 2.75) is 13.8 Å². The molecule has 154 valence electrons. The van der Waals surface area contributed by atoms with Gasteiger partial charge in [-0.15, -0.1) is 0 Å². The number of aliphatic imine (C=N–C) groups is 1. The van der Waals surface area contributed by atoms with Crippen molar-refractivity contribution < 1.29 is 4.65 Å². The van der Waals surface area contributed by atoms with E-state index >= 15 is 0 Å². The second-order valence-electron chi connectivity index (χ2n) is 6.92. The number of nitrogens with zero attached hydrogens (tertiary/aromatic N) is 1. The summed E-state index contributed by atoms with van der Waals surface area (Å²) in [7, 11) is 0. The number of rotatable bonds is 6. The summed E-state index contributed by atoms with van der Waals surface area (Å²) in [5.41, 5.74) is 5.24. The van der Waals surface area contributed by atoms with Crippen LogP contribution in [-0.4, -0.2) is 13.1 Å². The second-order valence-corrected chi connectivity index (χ2v) is 6.92. The smallest absolute Gasteiger partial charge is 0.426 e.